The first-order valence-corrected chi connectivity index (χ1v) is 7.62. The Morgan fingerprint density at radius 1 is 1.24 bits per heavy atom. The summed E-state index contributed by atoms with van der Waals surface area (Å²) in [6.45, 7) is 3.66. The second-order valence-corrected chi connectivity index (χ2v) is 5.80. The molecule has 1 aromatic heterocycles. The molecule has 0 aliphatic rings. The Balaban J connectivity index is 1.92. The highest BCUT2D eigenvalue weighted by molar-refractivity contribution is 7.10. The minimum absolute atomic E-state index is 0.00708. The summed E-state index contributed by atoms with van der Waals surface area (Å²) >= 11 is 1.68. The maximum atomic E-state index is 10.7. The number of hydrogen-bond donors (Lipinski definition) is 4. The number of benzene rings is 1. The maximum absolute atomic E-state index is 10.7. The van der Waals surface area contributed by atoms with Crippen molar-refractivity contribution in [2.75, 3.05) is 24.6 Å². The molecule has 0 saturated carbocycles. The standard InChI is InChI=1S/C15H20N4OS/c1-10(20)19-5-4-18-8-13-6-11(9-21-13)14-7-12(16)2-3-15(14)17/h2-3,6-7,9,18H,4-5,8,16-17H2,1H3,(H,19,20). The maximum Gasteiger partial charge on any atom is 0.216 e. The molecule has 1 amide bonds. The molecular weight excluding hydrogens is 284 g/mol. The van der Waals surface area contributed by atoms with E-state index in [4.69, 9.17) is 11.5 Å². The zero-order chi connectivity index (χ0) is 15.2. The molecule has 112 valence electrons. The molecule has 0 spiro atoms. The number of nitrogens with one attached hydrogen (secondary N) is 2. The van der Waals surface area contributed by atoms with Gasteiger partial charge in [-0.2, -0.15) is 0 Å². The van der Waals surface area contributed by atoms with E-state index in [9.17, 15) is 4.79 Å². The highest BCUT2D eigenvalue weighted by atomic mass is 32.1. The lowest BCUT2D eigenvalue weighted by Gasteiger charge is -2.05. The number of anilines is 2. The van der Waals surface area contributed by atoms with Crippen molar-refractivity contribution in [3.8, 4) is 11.1 Å². The number of amides is 1. The van der Waals surface area contributed by atoms with Crippen molar-refractivity contribution < 1.29 is 4.79 Å². The molecule has 0 atom stereocenters. The number of carbonyl (C=O) groups is 1. The average molecular weight is 304 g/mol. The third-order valence-electron chi connectivity index (χ3n) is 3.02. The molecular formula is C15H20N4OS. The number of thiophene rings is 1. The molecule has 0 unspecified atom stereocenters. The molecule has 5 nitrogen and oxygen atoms in total. The van der Waals surface area contributed by atoms with Gasteiger partial charge in [0.05, 0.1) is 0 Å². The van der Waals surface area contributed by atoms with Crippen LogP contribution in [0.3, 0.4) is 0 Å². The van der Waals surface area contributed by atoms with E-state index >= 15 is 0 Å². The average Bonchev–Trinajstić information content (AvgIpc) is 2.89. The lowest BCUT2D eigenvalue weighted by molar-refractivity contribution is -0.118. The van der Waals surface area contributed by atoms with Gasteiger partial charge in [0, 0.05) is 48.4 Å². The Bertz CT molecular complexity index is 624. The fourth-order valence-electron chi connectivity index (χ4n) is 1.98. The smallest absolute Gasteiger partial charge is 0.216 e. The minimum atomic E-state index is -0.00708. The van der Waals surface area contributed by atoms with E-state index in [1.165, 1.54) is 11.8 Å². The first-order valence-electron chi connectivity index (χ1n) is 6.74. The molecule has 6 N–H and O–H groups in total. The molecule has 0 fully saturated rings. The van der Waals surface area contributed by atoms with Gasteiger partial charge in [0.15, 0.2) is 0 Å². The summed E-state index contributed by atoms with van der Waals surface area (Å²) in [5, 5.41) is 8.12. The number of nitrogen functional groups attached to an aromatic ring is 2. The summed E-state index contributed by atoms with van der Waals surface area (Å²) in [6, 6.07) is 7.63. The lowest BCUT2D eigenvalue weighted by Crippen LogP contribution is -2.29. The molecule has 0 aliphatic heterocycles. The van der Waals surface area contributed by atoms with Crippen LogP contribution in [0.25, 0.3) is 11.1 Å². The fourth-order valence-corrected chi connectivity index (χ4v) is 2.83. The molecule has 0 bridgehead atoms. The van der Waals surface area contributed by atoms with Crippen LogP contribution in [-0.4, -0.2) is 19.0 Å². The SMILES string of the molecule is CC(=O)NCCNCc1cc(-c2cc(N)ccc2N)cs1. The van der Waals surface area contributed by atoms with Crippen molar-refractivity contribution in [3.63, 3.8) is 0 Å². The Hall–Kier alpha value is -2.05. The highest BCUT2D eigenvalue weighted by Gasteiger charge is 2.06. The summed E-state index contributed by atoms with van der Waals surface area (Å²) < 4.78 is 0. The van der Waals surface area contributed by atoms with Crippen molar-refractivity contribution >= 4 is 28.6 Å². The van der Waals surface area contributed by atoms with Crippen molar-refractivity contribution in [1.82, 2.24) is 10.6 Å². The van der Waals surface area contributed by atoms with Gasteiger partial charge in [-0.25, -0.2) is 0 Å². The second kappa shape index (κ2) is 7.10. The van der Waals surface area contributed by atoms with Gasteiger partial charge >= 0.3 is 0 Å². The van der Waals surface area contributed by atoms with Gasteiger partial charge < -0.3 is 22.1 Å². The van der Waals surface area contributed by atoms with Crippen LogP contribution in [0.5, 0.6) is 0 Å². The van der Waals surface area contributed by atoms with Gasteiger partial charge in [0.1, 0.15) is 0 Å². The molecule has 0 aliphatic carbocycles. The third kappa shape index (κ3) is 4.47. The first-order chi connectivity index (χ1) is 10.1. The van der Waals surface area contributed by atoms with E-state index < -0.39 is 0 Å². The highest BCUT2D eigenvalue weighted by Crippen LogP contribution is 2.31. The molecule has 6 heteroatoms. The van der Waals surface area contributed by atoms with Gasteiger partial charge in [-0.15, -0.1) is 11.3 Å². The molecule has 1 heterocycles. The Morgan fingerprint density at radius 3 is 2.81 bits per heavy atom. The molecule has 0 saturated heterocycles. The van der Waals surface area contributed by atoms with Crippen LogP contribution < -0.4 is 22.1 Å². The molecule has 21 heavy (non-hydrogen) atoms. The topological polar surface area (TPSA) is 93.2 Å². The van der Waals surface area contributed by atoms with Crippen molar-refractivity contribution in [3.05, 3.63) is 34.5 Å². The van der Waals surface area contributed by atoms with Crippen molar-refractivity contribution in [2.45, 2.75) is 13.5 Å². The number of rotatable bonds is 6. The number of carbonyl (C=O) groups excluding carboxylic acids is 1. The summed E-state index contributed by atoms with van der Waals surface area (Å²) in [7, 11) is 0. The summed E-state index contributed by atoms with van der Waals surface area (Å²) in [6.07, 6.45) is 0. The van der Waals surface area contributed by atoms with E-state index in [-0.39, 0.29) is 5.91 Å². The van der Waals surface area contributed by atoms with Crippen molar-refractivity contribution in [1.29, 1.82) is 0 Å². The number of hydrogen-bond acceptors (Lipinski definition) is 5. The first kappa shape index (κ1) is 15.3. The Morgan fingerprint density at radius 2 is 2.05 bits per heavy atom. The zero-order valence-corrected chi connectivity index (χ0v) is 12.8. The Kier molecular flexibility index (Phi) is 5.19. The van der Waals surface area contributed by atoms with Crippen LogP contribution in [0.4, 0.5) is 11.4 Å². The van der Waals surface area contributed by atoms with Crippen LogP contribution >= 0.6 is 11.3 Å². The van der Waals surface area contributed by atoms with Crippen LogP contribution in [0.15, 0.2) is 29.6 Å². The minimum Gasteiger partial charge on any atom is -0.399 e. The monoisotopic (exact) mass is 304 g/mol. The van der Waals surface area contributed by atoms with Gasteiger partial charge in [0.2, 0.25) is 5.91 Å². The van der Waals surface area contributed by atoms with Crippen LogP contribution in [0.2, 0.25) is 0 Å². The Labute approximate surface area is 128 Å². The van der Waals surface area contributed by atoms with Crippen LogP contribution in [-0.2, 0) is 11.3 Å². The van der Waals surface area contributed by atoms with E-state index in [2.05, 4.69) is 22.1 Å². The van der Waals surface area contributed by atoms with Gasteiger partial charge in [-0.1, -0.05) is 0 Å². The van der Waals surface area contributed by atoms with Crippen molar-refractivity contribution in [2.24, 2.45) is 0 Å². The van der Waals surface area contributed by atoms with E-state index in [0.717, 1.165) is 29.9 Å². The summed E-state index contributed by atoms with van der Waals surface area (Å²) in [5.74, 6) is -0.00708. The van der Waals surface area contributed by atoms with E-state index in [0.29, 0.717) is 12.2 Å². The van der Waals surface area contributed by atoms with Gasteiger partial charge in [0.25, 0.3) is 0 Å². The predicted octanol–water partition coefficient (Wildman–Crippen LogP) is 1.81. The second-order valence-electron chi connectivity index (χ2n) is 4.81. The number of nitrogens with two attached hydrogens (primary N) is 2. The van der Waals surface area contributed by atoms with Gasteiger partial charge in [-0.05, 0) is 35.2 Å². The van der Waals surface area contributed by atoms with Crippen LogP contribution in [0.1, 0.15) is 11.8 Å². The molecule has 0 radical (unpaired) electrons. The summed E-state index contributed by atoms with van der Waals surface area (Å²) in [5.41, 5.74) is 15.3. The third-order valence-corrected chi connectivity index (χ3v) is 3.95. The normalized spacial score (nSPS) is 10.5. The zero-order valence-electron chi connectivity index (χ0n) is 12.0. The molecule has 1 aromatic carbocycles. The summed E-state index contributed by atoms with van der Waals surface area (Å²) in [4.78, 5) is 12.0. The van der Waals surface area contributed by atoms with E-state index in [1.54, 1.807) is 17.4 Å². The largest absolute Gasteiger partial charge is 0.399 e. The quantitative estimate of drug-likeness (QED) is 0.483. The lowest BCUT2D eigenvalue weighted by atomic mass is 10.1. The molecule has 2 aromatic rings. The van der Waals surface area contributed by atoms with E-state index in [1.807, 2.05) is 12.1 Å². The molecule has 2 rings (SSSR count). The predicted molar refractivity (Wildman–Crippen MR) is 89.0 cm³/mol. The van der Waals surface area contributed by atoms with Gasteiger partial charge in [-0.3, -0.25) is 4.79 Å². The fraction of sp³-hybridized carbons (Fsp3) is 0.267. The van der Waals surface area contributed by atoms with Crippen LogP contribution in [0, 0.1) is 0 Å².